The van der Waals surface area contributed by atoms with Crippen LogP contribution in [0.15, 0.2) is 90.1 Å². The standard InChI is InChI=1S/C23H19N3O2S/c27-22(28)20-13-11-18(12-14-20)16-29-23-25-24-21(19-9-5-2-6-10-19)26(23)15-17-7-3-1-4-8-17/h1-14H,15-16H2,(H,27,28)/p-1. The van der Waals surface area contributed by atoms with Gasteiger partial charge in [-0.1, -0.05) is 96.7 Å². The fraction of sp³-hybridized carbons (Fsp3) is 0.0870. The van der Waals surface area contributed by atoms with Crippen LogP contribution < -0.4 is 5.11 Å². The zero-order valence-electron chi connectivity index (χ0n) is 15.6. The van der Waals surface area contributed by atoms with E-state index in [-0.39, 0.29) is 5.56 Å². The first-order valence-corrected chi connectivity index (χ1v) is 10.1. The Hall–Kier alpha value is -3.38. The first-order valence-electron chi connectivity index (χ1n) is 9.16. The number of carbonyl (C=O) groups is 1. The lowest BCUT2D eigenvalue weighted by Crippen LogP contribution is -2.21. The van der Waals surface area contributed by atoms with Crippen LogP contribution in [0.1, 0.15) is 21.5 Å². The molecule has 5 nitrogen and oxygen atoms in total. The molecule has 144 valence electrons. The lowest BCUT2D eigenvalue weighted by atomic mass is 10.1. The van der Waals surface area contributed by atoms with Crippen molar-refractivity contribution in [1.29, 1.82) is 0 Å². The third-order valence-corrected chi connectivity index (χ3v) is 5.53. The molecule has 0 saturated carbocycles. The first-order chi connectivity index (χ1) is 14.2. The van der Waals surface area contributed by atoms with Crippen LogP contribution in [0.4, 0.5) is 0 Å². The van der Waals surface area contributed by atoms with E-state index in [1.54, 1.807) is 36.0 Å². The lowest BCUT2D eigenvalue weighted by molar-refractivity contribution is -0.255. The number of aromatic nitrogens is 3. The quantitative estimate of drug-likeness (QED) is 0.443. The Balaban J connectivity index is 1.60. The summed E-state index contributed by atoms with van der Waals surface area (Å²) in [4.78, 5) is 10.9. The van der Waals surface area contributed by atoms with Gasteiger partial charge in [-0.05, 0) is 16.7 Å². The molecule has 6 heteroatoms. The Bertz CT molecular complexity index is 1090. The Kier molecular flexibility index (Phi) is 5.72. The van der Waals surface area contributed by atoms with Gasteiger partial charge in [-0.25, -0.2) is 0 Å². The molecule has 29 heavy (non-hydrogen) atoms. The molecule has 0 saturated heterocycles. The number of thioether (sulfide) groups is 1. The van der Waals surface area contributed by atoms with Crippen molar-refractivity contribution in [2.45, 2.75) is 17.5 Å². The maximum atomic E-state index is 10.9. The highest BCUT2D eigenvalue weighted by atomic mass is 32.2. The van der Waals surface area contributed by atoms with Gasteiger partial charge in [0.1, 0.15) is 0 Å². The second-order valence-electron chi connectivity index (χ2n) is 6.52. The number of carboxylic acids is 1. The summed E-state index contributed by atoms with van der Waals surface area (Å²) in [6, 6.07) is 27.0. The van der Waals surface area contributed by atoms with Crippen molar-refractivity contribution in [3.8, 4) is 11.4 Å². The average molecular weight is 400 g/mol. The number of benzene rings is 3. The highest BCUT2D eigenvalue weighted by molar-refractivity contribution is 7.98. The predicted molar refractivity (Wildman–Crippen MR) is 111 cm³/mol. The van der Waals surface area contributed by atoms with E-state index in [9.17, 15) is 9.90 Å². The summed E-state index contributed by atoms with van der Waals surface area (Å²) in [7, 11) is 0. The fourth-order valence-electron chi connectivity index (χ4n) is 2.99. The van der Waals surface area contributed by atoms with Gasteiger partial charge in [0.15, 0.2) is 11.0 Å². The molecule has 0 unspecified atom stereocenters. The summed E-state index contributed by atoms with van der Waals surface area (Å²) in [6.45, 7) is 0.671. The summed E-state index contributed by atoms with van der Waals surface area (Å²) >= 11 is 1.58. The summed E-state index contributed by atoms with van der Waals surface area (Å²) < 4.78 is 2.12. The van der Waals surface area contributed by atoms with Crippen LogP contribution in [0, 0.1) is 0 Å². The smallest absolute Gasteiger partial charge is 0.192 e. The minimum atomic E-state index is -1.17. The monoisotopic (exact) mass is 400 g/mol. The van der Waals surface area contributed by atoms with Crippen LogP contribution in [-0.2, 0) is 12.3 Å². The predicted octanol–water partition coefficient (Wildman–Crippen LogP) is 3.65. The van der Waals surface area contributed by atoms with Gasteiger partial charge in [-0.2, -0.15) is 0 Å². The van der Waals surface area contributed by atoms with E-state index in [2.05, 4.69) is 26.9 Å². The minimum absolute atomic E-state index is 0.178. The van der Waals surface area contributed by atoms with Crippen LogP contribution >= 0.6 is 11.8 Å². The molecule has 0 aliphatic carbocycles. The number of rotatable bonds is 7. The van der Waals surface area contributed by atoms with Crippen LogP contribution in [0.2, 0.25) is 0 Å². The van der Waals surface area contributed by atoms with Crippen molar-refractivity contribution < 1.29 is 9.90 Å². The number of aromatic carboxylic acids is 1. The van der Waals surface area contributed by atoms with Crippen LogP contribution in [0.5, 0.6) is 0 Å². The Morgan fingerprint density at radius 3 is 2.14 bits per heavy atom. The minimum Gasteiger partial charge on any atom is -0.545 e. The van der Waals surface area contributed by atoms with E-state index in [1.807, 2.05) is 48.5 Å². The molecular formula is C23H18N3O2S-. The van der Waals surface area contributed by atoms with E-state index in [0.717, 1.165) is 22.1 Å². The van der Waals surface area contributed by atoms with Crippen LogP contribution in [0.3, 0.4) is 0 Å². The second-order valence-corrected chi connectivity index (χ2v) is 7.46. The number of nitrogens with zero attached hydrogens (tertiary/aromatic N) is 3. The Morgan fingerprint density at radius 2 is 1.48 bits per heavy atom. The highest BCUT2D eigenvalue weighted by Crippen LogP contribution is 2.27. The van der Waals surface area contributed by atoms with E-state index in [4.69, 9.17) is 0 Å². The summed E-state index contributed by atoms with van der Waals surface area (Å²) in [5, 5.41) is 20.6. The zero-order valence-corrected chi connectivity index (χ0v) is 16.4. The van der Waals surface area contributed by atoms with Gasteiger partial charge < -0.3 is 9.90 Å². The van der Waals surface area contributed by atoms with Gasteiger partial charge in [0, 0.05) is 11.3 Å². The molecule has 4 aromatic rings. The van der Waals surface area contributed by atoms with Crippen molar-refractivity contribution in [3.63, 3.8) is 0 Å². The molecular weight excluding hydrogens is 382 g/mol. The molecule has 3 aromatic carbocycles. The van der Waals surface area contributed by atoms with Gasteiger partial charge in [0.05, 0.1) is 12.5 Å². The molecule has 0 fully saturated rings. The fourth-order valence-corrected chi connectivity index (χ4v) is 3.88. The number of carboxylic acid groups (broad SMARTS) is 1. The van der Waals surface area contributed by atoms with Crippen LogP contribution in [0.25, 0.3) is 11.4 Å². The van der Waals surface area contributed by atoms with E-state index in [1.165, 1.54) is 5.56 Å². The van der Waals surface area contributed by atoms with E-state index < -0.39 is 5.97 Å². The first kappa shape index (κ1) is 19.0. The van der Waals surface area contributed by atoms with Crippen molar-refractivity contribution in [2.24, 2.45) is 0 Å². The average Bonchev–Trinajstić information content (AvgIpc) is 3.16. The number of hydrogen-bond acceptors (Lipinski definition) is 5. The number of hydrogen-bond donors (Lipinski definition) is 0. The largest absolute Gasteiger partial charge is 0.545 e. The Morgan fingerprint density at radius 1 is 0.828 bits per heavy atom. The molecule has 0 aliphatic rings. The van der Waals surface area contributed by atoms with Gasteiger partial charge >= 0.3 is 0 Å². The normalized spacial score (nSPS) is 10.8. The van der Waals surface area contributed by atoms with E-state index in [0.29, 0.717) is 12.3 Å². The molecule has 0 N–H and O–H groups in total. The van der Waals surface area contributed by atoms with Gasteiger partial charge in [-0.15, -0.1) is 10.2 Å². The third-order valence-electron chi connectivity index (χ3n) is 4.49. The van der Waals surface area contributed by atoms with Crippen molar-refractivity contribution in [2.75, 3.05) is 0 Å². The third kappa shape index (κ3) is 4.55. The molecule has 0 radical (unpaired) electrons. The molecule has 0 aliphatic heterocycles. The number of carbonyl (C=O) groups excluding carboxylic acids is 1. The topological polar surface area (TPSA) is 70.8 Å². The summed E-state index contributed by atoms with van der Waals surface area (Å²) in [6.07, 6.45) is 0. The molecule has 0 spiro atoms. The highest BCUT2D eigenvalue weighted by Gasteiger charge is 2.15. The maximum Gasteiger partial charge on any atom is 0.192 e. The van der Waals surface area contributed by atoms with Crippen molar-refractivity contribution in [3.05, 3.63) is 102 Å². The van der Waals surface area contributed by atoms with Crippen molar-refractivity contribution >= 4 is 17.7 Å². The van der Waals surface area contributed by atoms with Gasteiger partial charge in [-0.3, -0.25) is 4.57 Å². The Labute approximate surface area is 173 Å². The zero-order chi connectivity index (χ0) is 20.1. The molecule has 0 amide bonds. The lowest BCUT2D eigenvalue weighted by Gasteiger charge is -2.11. The molecule has 0 bridgehead atoms. The summed E-state index contributed by atoms with van der Waals surface area (Å²) in [5.41, 5.74) is 3.37. The second kappa shape index (κ2) is 8.75. The summed E-state index contributed by atoms with van der Waals surface area (Å²) in [5.74, 6) is 0.318. The van der Waals surface area contributed by atoms with E-state index >= 15 is 0 Å². The van der Waals surface area contributed by atoms with Gasteiger partial charge in [0.2, 0.25) is 0 Å². The SMILES string of the molecule is O=C([O-])c1ccc(CSc2nnc(-c3ccccc3)n2Cc2ccccc2)cc1. The molecule has 1 heterocycles. The van der Waals surface area contributed by atoms with Crippen molar-refractivity contribution in [1.82, 2.24) is 14.8 Å². The van der Waals surface area contributed by atoms with Crippen LogP contribution in [-0.4, -0.2) is 20.7 Å². The molecule has 4 rings (SSSR count). The maximum absolute atomic E-state index is 10.9. The van der Waals surface area contributed by atoms with Gasteiger partial charge in [0.25, 0.3) is 0 Å². The molecule has 0 atom stereocenters. The molecule has 1 aromatic heterocycles.